The van der Waals surface area contributed by atoms with Crippen molar-refractivity contribution in [3.05, 3.63) is 52.1 Å². The van der Waals surface area contributed by atoms with E-state index in [0.717, 1.165) is 5.56 Å². The molecule has 7 nitrogen and oxygen atoms in total. The van der Waals surface area contributed by atoms with Crippen LogP contribution in [-0.2, 0) is 6.54 Å². The third kappa shape index (κ3) is 3.21. The second-order valence-electron chi connectivity index (χ2n) is 4.09. The summed E-state index contributed by atoms with van der Waals surface area (Å²) >= 11 is 0. The molecule has 0 saturated carbocycles. The maximum atomic E-state index is 10.6. The SMILES string of the molecule is CNCc1cccc(Oc2ccc([N+](=O)[O-])c(N)n2)c1. The normalized spacial score (nSPS) is 10.2. The van der Waals surface area contributed by atoms with E-state index in [2.05, 4.69) is 10.3 Å². The highest BCUT2D eigenvalue weighted by Crippen LogP contribution is 2.26. The Morgan fingerprint density at radius 2 is 2.20 bits per heavy atom. The van der Waals surface area contributed by atoms with Gasteiger partial charge in [0.05, 0.1) is 4.92 Å². The Morgan fingerprint density at radius 1 is 1.40 bits per heavy atom. The van der Waals surface area contributed by atoms with E-state index in [-0.39, 0.29) is 17.4 Å². The fourth-order valence-electron chi connectivity index (χ4n) is 1.70. The molecule has 104 valence electrons. The standard InChI is InChI=1S/C13H14N4O3/c1-15-8-9-3-2-4-10(7-9)20-12-6-5-11(17(18)19)13(14)16-12/h2-7,15H,8H2,1H3,(H2,14,16). The van der Waals surface area contributed by atoms with Crippen molar-refractivity contribution in [2.75, 3.05) is 12.8 Å². The smallest absolute Gasteiger partial charge is 0.311 e. The van der Waals surface area contributed by atoms with Crippen molar-refractivity contribution in [3.63, 3.8) is 0 Å². The minimum atomic E-state index is -0.584. The number of hydrogen-bond acceptors (Lipinski definition) is 6. The molecule has 1 aromatic carbocycles. The first kappa shape index (κ1) is 13.8. The number of nitrogens with two attached hydrogens (primary N) is 1. The molecule has 3 N–H and O–H groups in total. The molecule has 0 saturated heterocycles. The fourth-order valence-corrected chi connectivity index (χ4v) is 1.70. The second kappa shape index (κ2) is 5.98. The van der Waals surface area contributed by atoms with Crippen LogP contribution in [0.2, 0.25) is 0 Å². The zero-order chi connectivity index (χ0) is 14.5. The lowest BCUT2D eigenvalue weighted by Gasteiger charge is -2.07. The average Bonchev–Trinajstić information content (AvgIpc) is 2.39. The minimum absolute atomic E-state index is 0.168. The van der Waals surface area contributed by atoms with Crippen LogP contribution >= 0.6 is 0 Å². The predicted octanol–water partition coefficient (Wildman–Crippen LogP) is 2.08. The monoisotopic (exact) mass is 274 g/mol. The van der Waals surface area contributed by atoms with Gasteiger partial charge in [0.15, 0.2) is 0 Å². The maximum Gasteiger partial charge on any atom is 0.311 e. The number of nitrogen functional groups attached to an aromatic ring is 1. The molecule has 7 heteroatoms. The average molecular weight is 274 g/mol. The summed E-state index contributed by atoms with van der Waals surface area (Å²) in [5.41, 5.74) is 6.33. The largest absolute Gasteiger partial charge is 0.439 e. The van der Waals surface area contributed by atoms with Crippen LogP contribution in [-0.4, -0.2) is 17.0 Å². The third-order valence-corrected chi connectivity index (χ3v) is 2.58. The number of hydrogen-bond donors (Lipinski definition) is 2. The Hall–Kier alpha value is -2.67. The molecule has 0 amide bonds. The van der Waals surface area contributed by atoms with Gasteiger partial charge in [-0.2, -0.15) is 4.98 Å². The molecule has 0 radical (unpaired) electrons. The molecule has 1 aromatic heterocycles. The molecule has 2 aromatic rings. The lowest BCUT2D eigenvalue weighted by atomic mass is 10.2. The van der Waals surface area contributed by atoms with E-state index in [1.807, 2.05) is 25.2 Å². The van der Waals surface area contributed by atoms with Crippen molar-refractivity contribution in [3.8, 4) is 11.6 Å². The number of anilines is 1. The van der Waals surface area contributed by atoms with Gasteiger partial charge in [0.1, 0.15) is 5.75 Å². The molecule has 1 heterocycles. The molecule has 0 bridgehead atoms. The van der Waals surface area contributed by atoms with Crippen molar-refractivity contribution < 1.29 is 9.66 Å². The summed E-state index contributed by atoms with van der Waals surface area (Å²) in [5, 5.41) is 13.7. The Morgan fingerprint density at radius 3 is 2.85 bits per heavy atom. The van der Waals surface area contributed by atoms with E-state index < -0.39 is 4.92 Å². The summed E-state index contributed by atoms with van der Waals surface area (Å²) in [6.45, 7) is 0.715. The van der Waals surface area contributed by atoms with Gasteiger partial charge in [-0.05, 0) is 24.7 Å². The zero-order valence-corrected chi connectivity index (χ0v) is 10.9. The van der Waals surface area contributed by atoms with Crippen LogP contribution in [0.1, 0.15) is 5.56 Å². The fraction of sp³-hybridized carbons (Fsp3) is 0.154. The quantitative estimate of drug-likeness (QED) is 0.639. The van der Waals surface area contributed by atoms with Crippen molar-refractivity contribution in [1.29, 1.82) is 0 Å². The highest BCUT2D eigenvalue weighted by atomic mass is 16.6. The third-order valence-electron chi connectivity index (χ3n) is 2.58. The van der Waals surface area contributed by atoms with E-state index in [4.69, 9.17) is 10.5 Å². The zero-order valence-electron chi connectivity index (χ0n) is 10.9. The van der Waals surface area contributed by atoms with Gasteiger partial charge in [-0.15, -0.1) is 0 Å². The molecule has 0 fully saturated rings. The molecule has 0 aliphatic rings. The minimum Gasteiger partial charge on any atom is -0.439 e. The van der Waals surface area contributed by atoms with Gasteiger partial charge in [-0.3, -0.25) is 10.1 Å². The van der Waals surface area contributed by atoms with Gasteiger partial charge in [0.2, 0.25) is 11.7 Å². The first-order valence-electron chi connectivity index (χ1n) is 5.92. The van der Waals surface area contributed by atoms with E-state index >= 15 is 0 Å². The number of nitrogens with zero attached hydrogens (tertiary/aromatic N) is 2. The summed E-state index contributed by atoms with van der Waals surface area (Å²) in [7, 11) is 1.85. The van der Waals surface area contributed by atoms with Gasteiger partial charge in [0, 0.05) is 18.7 Å². The Kier molecular flexibility index (Phi) is 4.11. The molecule has 2 rings (SSSR count). The summed E-state index contributed by atoms with van der Waals surface area (Å²) < 4.78 is 5.54. The number of rotatable bonds is 5. The van der Waals surface area contributed by atoms with Crippen LogP contribution in [0.25, 0.3) is 0 Å². The van der Waals surface area contributed by atoms with E-state index in [0.29, 0.717) is 12.3 Å². The molecule has 0 spiro atoms. The molecule has 0 unspecified atom stereocenters. The van der Waals surface area contributed by atoms with Crippen LogP contribution < -0.4 is 15.8 Å². The lowest BCUT2D eigenvalue weighted by Crippen LogP contribution is -2.04. The van der Waals surface area contributed by atoms with Gasteiger partial charge < -0.3 is 15.8 Å². The summed E-state index contributed by atoms with van der Waals surface area (Å²) in [4.78, 5) is 13.9. The molecule has 20 heavy (non-hydrogen) atoms. The van der Waals surface area contributed by atoms with Crippen LogP contribution in [0.3, 0.4) is 0 Å². The van der Waals surface area contributed by atoms with Gasteiger partial charge >= 0.3 is 5.69 Å². The summed E-state index contributed by atoms with van der Waals surface area (Å²) in [6, 6.07) is 10.1. The maximum absolute atomic E-state index is 10.6. The Balaban J connectivity index is 2.19. The Bertz CT molecular complexity index is 631. The number of aromatic nitrogens is 1. The van der Waals surface area contributed by atoms with E-state index in [9.17, 15) is 10.1 Å². The number of ether oxygens (including phenoxy) is 1. The van der Waals surface area contributed by atoms with Crippen LogP contribution in [0.15, 0.2) is 36.4 Å². The number of nitro groups is 1. The van der Waals surface area contributed by atoms with Gasteiger partial charge in [-0.25, -0.2) is 0 Å². The topological polar surface area (TPSA) is 103 Å². The second-order valence-corrected chi connectivity index (χ2v) is 4.09. The van der Waals surface area contributed by atoms with Crippen LogP contribution in [0, 0.1) is 10.1 Å². The van der Waals surface area contributed by atoms with Crippen LogP contribution in [0.5, 0.6) is 11.6 Å². The molecule has 0 aliphatic heterocycles. The first-order valence-corrected chi connectivity index (χ1v) is 5.92. The van der Waals surface area contributed by atoms with Gasteiger partial charge in [0.25, 0.3) is 0 Å². The number of pyridine rings is 1. The molecule has 0 atom stereocenters. The first-order chi connectivity index (χ1) is 9.60. The predicted molar refractivity (Wildman–Crippen MR) is 74.6 cm³/mol. The van der Waals surface area contributed by atoms with E-state index in [1.165, 1.54) is 12.1 Å². The van der Waals surface area contributed by atoms with Crippen molar-refractivity contribution >= 4 is 11.5 Å². The molecular weight excluding hydrogens is 260 g/mol. The van der Waals surface area contributed by atoms with Crippen molar-refractivity contribution in [1.82, 2.24) is 10.3 Å². The lowest BCUT2D eigenvalue weighted by molar-refractivity contribution is -0.384. The van der Waals surface area contributed by atoms with E-state index in [1.54, 1.807) is 6.07 Å². The Labute approximate surface area is 115 Å². The number of nitrogens with one attached hydrogen (secondary N) is 1. The van der Waals surface area contributed by atoms with Crippen molar-refractivity contribution in [2.24, 2.45) is 0 Å². The highest BCUT2D eigenvalue weighted by Gasteiger charge is 2.13. The number of benzene rings is 1. The summed E-state index contributed by atoms with van der Waals surface area (Å²) in [6.07, 6.45) is 0. The molecule has 0 aliphatic carbocycles. The molecular formula is C13H14N4O3. The van der Waals surface area contributed by atoms with Crippen LogP contribution in [0.4, 0.5) is 11.5 Å². The van der Waals surface area contributed by atoms with Crippen molar-refractivity contribution in [2.45, 2.75) is 6.54 Å². The highest BCUT2D eigenvalue weighted by molar-refractivity contribution is 5.53. The van der Waals surface area contributed by atoms with Gasteiger partial charge in [-0.1, -0.05) is 12.1 Å². The summed E-state index contributed by atoms with van der Waals surface area (Å²) in [5.74, 6) is 0.645.